The van der Waals surface area contributed by atoms with Crippen LogP contribution in [0.25, 0.3) is 0 Å². The van der Waals surface area contributed by atoms with Crippen molar-refractivity contribution in [3.8, 4) is 0 Å². The number of anilines is 1. The maximum atomic E-state index is 13.2. The van der Waals surface area contributed by atoms with Gasteiger partial charge in [0.05, 0.1) is 5.56 Å². The van der Waals surface area contributed by atoms with Crippen molar-refractivity contribution in [3.05, 3.63) is 63.3 Å². The highest BCUT2D eigenvalue weighted by atomic mass is 79.9. The van der Waals surface area contributed by atoms with Crippen LogP contribution in [-0.4, -0.2) is 18.0 Å². The van der Waals surface area contributed by atoms with Gasteiger partial charge in [-0.05, 0) is 59.3 Å². The highest BCUT2D eigenvalue weighted by molar-refractivity contribution is 9.10. The first-order valence-electron chi connectivity index (χ1n) is 6.59. The van der Waals surface area contributed by atoms with Crippen LogP contribution in [0.4, 0.5) is 10.1 Å². The topological polar surface area (TPSA) is 55.4 Å². The fourth-order valence-corrected chi connectivity index (χ4v) is 2.34. The molecule has 0 aromatic heterocycles. The number of carbonyl (C=O) groups excluding carboxylic acids is 2. The first kappa shape index (κ1) is 17.4. The van der Waals surface area contributed by atoms with Crippen LogP contribution in [0.2, 0.25) is 5.02 Å². The van der Waals surface area contributed by atoms with Gasteiger partial charge >= 0.3 is 5.97 Å². The Hall–Kier alpha value is -1.92. The predicted octanol–water partition coefficient (Wildman–Crippen LogP) is 4.43. The Labute approximate surface area is 145 Å². The number of amides is 1. The van der Waals surface area contributed by atoms with E-state index in [-0.39, 0.29) is 5.56 Å². The number of nitrogens with one attached hydrogen (secondary N) is 1. The van der Waals surface area contributed by atoms with Crippen molar-refractivity contribution in [2.24, 2.45) is 0 Å². The molecular formula is C16H12BrClFNO3. The number of rotatable bonds is 4. The quantitative estimate of drug-likeness (QED) is 0.773. The summed E-state index contributed by atoms with van der Waals surface area (Å²) in [5.74, 6) is -1.89. The van der Waals surface area contributed by atoms with E-state index in [2.05, 4.69) is 21.2 Å². The van der Waals surface area contributed by atoms with E-state index >= 15 is 0 Å². The van der Waals surface area contributed by atoms with E-state index in [1.165, 1.54) is 19.1 Å². The lowest BCUT2D eigenvalue weighted by atomic mass is 10.2. The molecule has 23 heavy (non-hydrogen) atoms. The number of benzene rings is 2. The van der Waals surface area contributed by atoms with Gasteiger partial charge in [-0.15, -0.1) is 0 Å². The minimum Gasteiger partial charge on any atom is -0.449 e. The van der Waals surface area contributed by atoms with Crippen molar-refractivity contribution in [1.29, 1.82) is 0 Å². The number of esters is 1. The molecule has 1 N–H and O–H groups in total. The van der Waals surface area contributed by atoms with Crippen molar-refractivity contribution in [1.82, 2.24) is 0 Å². The lowest BCUT2D eigenvalue weighted by Gasteiger charge is -2.14. The van der Waals surface area contributed by atoms with Gasteiger partial charge in [-0.2, -0.15) is 0 Å². The molecule has 0 saturated heterocycles. The lowest BCUT2D eigenvalue weighted by Crippen LogP contribution is -2.30. The fourth-order valence-electron chi connectivity index (χ4n) is 1.74. The molecule has 7 heteroatoms. The second-order valence-electron chi connectivity index (χ2n) is 4.67. The smallest absolute Gasteiger partial charge is 0.340 e. The highest BCUT2D eigenvalue weighted by Crippen LogP contribution is 2.20. The molecular weight excluding hydrogens is 389 g/mol. The molecule has 2 rings (SSSR count). The molecule has 0 aliphatic heterocycles. The summed E-state index contributed by atoms with van der Waals surface area (Å²) in [5, 5.41) is 3.05. The molecule has 0 unspecified atom stereocenters. The standard InChI is InChI=1S/C16H12BrClFNO3/c1-9(15(21)20-12-4-2-3-10(18)7-12)23-16(22)13-8-11(19)5-6-14(13)17/h2-9H,1H3,(H,20,21)/t9-/m1/s1. The fraction of sp³-hybridized carbons (Fsp3) is 0.125. The van der Waals surface area contributed by atoms with Gasteiger partial charge in [-0.25, -0.2) is 9.18 Å². The minimum atomic E-state index is -1.06. The Morgan fingerprint density at radius 1 is 1.26 bits per heavy atom. The Balaban J connectivity index is 2.03. The van der Waals surface area contributed by atoms with Crippen molar-refractivity contribution < 1.29 is 18.7 Å². The van der Waals surface area contributed by atoms with E-state index < -0.39 is 23.8 Å². The monoisotopic (exact) mass is 399 g/mol. The highest BCUT2D eigenvalue weighted by Gasteiger charge is 2.21. The zero-order valence-corrected chi connectivity index (χ0v) is 14.3. The van der Waals surface area contributed by atoms with Gasteiger partial charge in [0.25, 0.3) is 5.91 Å². The molecule has 0 radical (unpaired) electrons. The summed E-state index contributed by atoms with van der Waals surface area (Å²) in [6.07, 6.45) is -1.06. The predicted molar refractivity (Wildman–Crippen MR) is 89.1 cm³/mol. The normalized spacial score (nSPS) is 11.7. The molecule has 0 fully saturated rings. The van der Waals surface area contributed by atoms with Gasteiger partial charge in [0.2, 0.25) is 0 Å². The summed E-state index contributed by atoms with van der Waals surface area (Å²) >= 11 is 8.96. The summed E-state index contributed by atoms with van der Waals surface area (Å²) in [4.78, 5) is 24.0. The first-order chi connectivity index (χ1) is 10.9. The maximum absolute atomic E-state index is 13.2. The van der Waals surface area contributed by atoms with E-state index in [1.54, 1.807) is 24.3 Å². The summed E-state index contributed by atoms with van der Waals surface area (Å²) < 4.78 is 18.6. The Morgan fingerprint density at radius 3 is 2.70 bits per heavy atom. The van der Waals surface area contributed by atoms with E-state index in [9.17, 15) is 14.0 Å². The average Bonchev–Trinajstić information content (AvgIpc) is 2.49. The molecule has 0 heterocycles. The van der Waals surface area contributed by atoms with Crippen LogP contribution >= 0.6 is 27.5 Å². The van der Waals surface area contributed by atoms with E-state index in [4.69, 9.17) is 16.3 Å². The SMILES string of the molecule is C[C@@H](OC(=O)c1cc(F)ccc1Br)C(=O)Nc1cccc(Cl)c1. The molecule has 0 bridgehead atoms. The van der Waals surface area contributed by atoms with Crippen molar-refractivity contribution in [2.45, 2.75) is 13.0 Å². The van der Waals surface area contributed by atoms with Gasteiger partial charge in [0, 0.05) is 15.2 Å². The second-order valence-corrected chi connectivity index (χ2v) is 5.96. The molecule has 0 aliphatic carbocycles. The summed E-state index contributed by atoms with van der Waals surface area (Å²) in [6, 6.07) is 10.2. The molecule has 120 valence electrons. The van der Waals surface area contributed by atoms with Gasteiger partial charge in [-0.3, -0.25) is 4.79 Å². The zero-order chi connectivity index (χ0) is 17.0. The Morgan fingerprint density at radius 2 is 2.00 bits per heavy atom. The number of carbonyl (C=O) groups is 2. The van der Waals surface area contributed by atoms with Crippen molar-refractivity contribution in [2.75, 3.05) is 5.32 Å². The summed E-state index contributed by atoms with van der Waals surface area (Å²) in [6.45, 7) is 1.42. The number of hydrogen-bond acceptors (Lipinski definition) is 3. The van der Waals surface area contributed by atoms with E-state index in [0.717, 1.165) is 6.07 Å². The van der Waals surface area contributed by atoms with Gasteiger partial charge in [0.1, 0.15) is 5.82 Å². The van der Waals surface area contributed by atoms with Gasteiger partial charge in [-0.1, -0.05) is 17.7 Å². The van der Waals surface area contributed by atoms with Gasteiger partial charge in [0.15, 0.2) is 6.10 Å². The zero-order valence-electron chi connectivity index (χ0n) is 12.0. The van der Waals surface area contributed by atoms with Crippen LogP contribution in [0.1, 0.15) is 17.3 Å². The van der Waals surface area contributed by atoms with Crippen LogP contribution < -0.4 is 5.32 Å². The third kappa shape index (κ3) is 4.77. The van der Waals surface area contributed by atoms with Crippen LogP contribution in [0.15, 0.2) is 46.9 Å². The molecule has 1 amide bonds. The summed E-state index contributed by atoms with van der Waals surface area (Å²) in [7, 11) is 0. The minimum absolute atomic E-state index is 0.00686. The molecule has 1 atom stereocenters. The molecule has 2 aromatic carbocycles. The van der Waals surface area contributed by atoms with Crippen LogP contribution in [-0.2, 0) is 9.53 Å². The molecule has 0 aliphatic rings. The Kier molecular flexibility index (Phi) is 5.74. The number of ether oxygens (including phenoxy) is 1. The molecule has 0 saturated carbocycles. The molecule has 4 nitrogen and oxygen atoms in total. The lowest BCUT2D eigenvalue weighted by molar-refractivity contribution is -0.123. The van der Waals surface area contributed by atoms with Crippen LogP contribution in [0, 0.1) is 5.82 Å². The van der Waals surface area contributed by atoms with Crippen molar-refractivity contribution in [3.63, 3.8) is 0 Å². The largest absolute Gasteiger partial charge is 0.449 e. The van der Waals surface area contributed by atoms with Crippen LogP contribution in [0.5, 0.6) is 0 Å². The molecule has 2 aromatic rings. The second kappa shape index (κ2) is 7.57. The Bertz CT molecular complexity index is 754. The molecule has 0 spiro atoms. The third-order valence-electron chi connectivity index (χ3n) is 2.89. The average molecular weight is 401 g/mol. The number of hydrogen-bond donors (Lipinski definition) is 1. The van der Waals surface area contributed by atoms with Crippen LogP contribution in [0.3, 0.4) is 0 Å². The first-order valence-corrected chi connectivity index (χ1v) is 7.76. The van der Waals surface area contributed by atoms with Crippen molar-refractivity contribution >= 4 is 45.1 Å². The maximum Gasteiger partial charge on any atom is 0.340 e. The van der Waals surface area contributed by atoms with Gasteiger partial charge < -0.3 is 10.1 Å². The van der Waals surface area contributed by atoms with E-state index in [1.807, 2.05) is 0 Å². The third-order valence-corrected chi connectivity index (χ3v) is 3.82. The summed E-state index contributed by atoms with van der Waals surface area (Å²) in [5.41, 5.74) is 0.491. The van der Waals surface area contributed by atoms with E-state index in [0.29, 0.717) is 15.2 Å². The number of halogens is 3.